The van der Waals surface area contributed by atoms with Gasteiger partial charge in [0.2, 0.25) is 17.7 Å². The fourth-order valence-corrected chi connectivity index (χ4v) is 2.80. The Morgan fingerprint density at radius 3 is 1.90 bits per heavy atom. The van der Waals surface area contributed by atoms with E-state index < -0.39 is 54.0 Å². The van der Waals surface area contributed by atoms with Gasteiger partial charge < -0.3 is 31.9 Å². The summed E-state index contributed by atoms with van der Waals surface area (Å²) in [6.07, 6.45) is -0.972. The maximum Gasteiger partial charge on any atom is 0.326 e. The number of carbonyl (C=O) groups excluding carboxylic acids is 3. The molecule has 10 nitrogen and oxygen atoms in total. The summed E-state index contributed by atoms with van der Waals surface area (Å²) in [5, 5.41) is 26.3. The van der Waals surface area contributed by atoms with Crippen molar-refractivity contribution in [2.24, 2.45) is 11.7 Å². The first-order valence-corrected chi connectivity index (χ1v) is 10.5. The van der Waals surface area contributed by atoms with Crippen molar-refractivity contribution in [3.8, 4) is 0 Å². The van der Waals surface area contributed by atoms with E-state index in [0.29, 0.717) is 0 Å². The molecule has 0 spiro atoms. The van der Waals surface area contributed by atoms with Gasteiger partial charge in [-0.25, -0.2) is 4.79 Å². The third kappa shape index (κ3) is 10.2. The molecule has 0 radical (unpaired) electrons. The molecule has 12 heteroatoms. The van der Waals surface area contributed by atoms with Crippen LogP contribution in [-0.4, -0.2) is 75.7 Å². The van der Waals surface area contributed by atoms with Crippen LogP contribution in [0, 0.1) is 5.92 Å². The van der Waals surface area contributed by atoms with Gasteiger partial charge in [-0.05, 0) is 31.4 Å². The number of aliphatic hydroxyl groups excluding tert-OH is 1. The van der Waals surface area contributed by atoms with E-state index >= 15 is 0 Å². The van der Waals surface area contributed by atoms with E-state index in [1.54, 1.807) is 0 Å². The number of hydrogen-bond acceptors (Lipinski definition) is 8. The predicted octanol–water partition coefficient (Wildman–Crippen LogP) is -1.47. The Morgan fingerprint density at radius 1 is 0.931 bits per heavy atom. The van der Waals surface area contributed by atoms with Gasteiger partial charge in [0.1, 0.15) is 18.1 Å². The summed E-state index contributed by atoms with van der Waals surface area (Å²) in [4.78, 5) is 48.4. The summed E-state index contributed by atoms with van der Waals surface area (Å²) in [6.45, 7) is 4.98. The monoisotopic (exact) mass is 452 g/mol. The number of aliphatic hydroxyl groups is 1. The molecule has 168 valence electrons. The number of aliphatic carboxylic acids is 1. The van der Waals surface area contributed by atoms with Crippen LogP contribution in [0.3, 0.4) is 0 Å². The van der Waals surface area contributed by atoms with Crippen molar-refractivity contribution >= 4 is 48.9 Å². The zero-order valence-electron chi connectivity index (χ0n) is 16.8. The van der Waals surface area contributed by atoms with Crippen molar-refractivity contribution in [3.05, 3.63) is 0 Å². The number of carboxylic acid groups (broad SMARTS) is 1. The van der Waals surface area contributed by atoms with Crippen LogP contribution in [0.5, 0.6) is 0 Å². The lowest BCUT2D eigenvalue weighted by Crippen LogP contribution is -2.60. The van der Waals surface area contributed by atoms with Gasteiger partial charge in [0.25, 0.3) is 0 Å². The highest BCUT2D eigenvalue weighted by Crippen LogP contribution is 2.07. The molecular weight excluding hydrogens is 420 g/mol. The molecule has 0 saturated heterocycles. The van der Waals surface area contributed by atoms with Crippen LogP contribution in [0.2, 0.25) is 0 Å². The van der Waals surface area contributed by atoms with Crippen LogP contribution >= 0.6 is 25.3 Å². The van der Waals surface area contributed by atoms with Gasteiger partial charge in [0, 0.05) is 5.75 Å². The molecule has 0 bridgehead atoms. The molecule has 29 heavy (non-hydrogen) atoms. The summed E-state index contributed by atoms with van der Waals surface area (Å²) in [6, 6.07) is -4.52. The van der Waals surface area contributed by atoms with Crippen LogP contribution in [0.25, 0.3) is 0 Å². The molecule has 0 unspecified atom stereocenters. The molecule has 0 aromatic rings. The lowest BCUT2D eigenvalue weighted by atomic mass is 10.0. The van der Waals surface area contributed by atoms with Gasteiger partial charge in [-0.2, -0.15) is 25.3 Å². The number of carbonyl (C=O) groups is 4. The van der Waals surface area contributed by atoms with Gasteiger partial charge in [-0.15, -0.1) is 0 Å². The second-order valence-electron chi connectivity index (χ2n) is 7.12. The Bertz CT molecular complexity index is 576. The quantitative estimate of drug-likeness (QED) is 0.158. The SMILES string of the molecule is CC(C)C[C@H](NC(=O)[C@H](N)CS)C(=O)N[C@H](C(=O)N[C@@H](CCS)C(=O)O)[C@@H](C)O. The molecule has 0 aromatic heterocycles. The molecular formula is C17H32N4O6S2. The fraction of sp³-hybridized carbons (Fsp3) is 0.765. The number of rotatable bonds is 13. The highest BCUT2D eigenvalue weighted by Gasteiger charge is 2.32. The molecule has 7 N–H and O–H groups in total. The van der Waals surface area contributed by atoms with Crippen molar-refractivity contribution in [2.45, 2.75) is 63.9 Å². The number of carboxylic acids is 1. The lowest BCUT2D eigenvalue weighted by molar-refractivity contribution is -0.143. The average molecular weight is 453 g/mol. The largest absolute Gasteiger partial charge is 0.480 e. The van der Waals surface area contributed by atoms with Crippen LogP contribution in [0.4, 0.5) is 0 Å². The third-order valence-corrected chi connectivity index (χ3v) is 4.62. The van der Waals surface area contributed by atoms with Crippen molar-refractivity contribution in [2.75, 3.05) is 11.5 Å². The third-order valence-electron chi connectivity index (χ3n) is 3.97. The topological polar surface area (TPSA) is 171 Å². The Labute approximate surface area is 181 Å². The van der Waals surface area contributed by atoms with Gasteiger partial charge in [-0.3, -0.25) is 14.4 Å². The summed E-state index contributed by atoms with van der Waals surface area (Å²) < 4.78 is 0. The summed E-state index contributed by atoms with van der Waals surface area (Å²) in [5.41, 5.74) is 5.62. The summed E-state index contributed by atoms with van der Waals surface area (Å²) in [7, 11) is 0. The van der Waals surface area contributed by atoms with Gasteiger partial charge in [0.05, 0.1) is 12.1 Å². The molecule has 0 rings (SSSR count). The highest BCUT2D eigenvalue weighted by molar-refractivity contribution is 7.80. The number of amides is 3. The Kier molecular flexibility index (Phi) is 13.0. The van der Waals surface area contributed by atoms with Crippen molar-refractivity contribution < 1.29 is 29.4 Å². The first-order chi connectivity index (χ1) is 13.4. The van der Waals surface area contributed by atoms with Crippen LogP contribution < -0.4 is 21.7 Å². The number of thiol groups is 2. The van der Waals surface area contributed by atoms with Gasteiger partial charge >= 0.3 is 5.97 Å². The number of nitrogens with two attached hydrogens (primary N) is 1. The van der Waals surface area contributed by atoms with Crippen molar-refractivity contribution in [3.63, 3.8) is 0 Å². The normalized spacial score (nSPS) is 16.3. The maximum atomic E-state index is 12.7. The summed E-state index contributed by atoms with van der Waals surface area (Å²) >= 11 is 7.90. The molecule has 0 aliphatic rings. The van der Waals surface area contributed by atoms with E-state index in [2.05, 4.69) is 41.2 Å². The lowest BCUT2D eigenvalue weighted by Gasteiger charge is -2.27. The molecule has 5 atom stereocenters. The molecule has 0 fully saturated rings. The van der Waals surface area contributed by atoms with Crippen LogP contribution in [0.1, 0.15) is 33.6 Å². The summed E-state index contributed by atoms with van der Waals surface area (Å²) in [5.74, 6) is -3.04. The standard InChI is InChI=1S/C17H32N4O6S2/c1-8(2)6-12(20-14(23)10(18)7-29)15(24)21-13(9(3)22)16(25)19-11(4-5-28)17(26)27/h8-13,22,28-29H,4-7,18H2,1-3H3,(H,19,25)(H,20,23)(H,21,24)(H,26,27)/t9-,10-,11+,12+,13+/m1/s1. The van der Waals surface area contributed by atoms with Crippen molar-refractivity contribution in [1.29, 1.82) is 0 Å². The zero-order chi connectivity index (χ0) is 22.7. The van der Waals surface area contributed by atoms with E-state index in [9.17, 15) is 24.3 Å². The Hall–Kier alpha value is -1.50. The fourth-order valence-electron chi connectivity index (χ4n) is 2.37. The molecule has 3 amide bonds. The molecule has 0 heterocycles. The molecule has 0 aliphatic heterocycles. The number of hydrogen-bond donors (Lipinski definition) is 8. The Balaban J connectivity index is 5.33. The van der Waals surface area contributed by atoms with Crippen LogP contribution in [-0.2, 0) is 19.2 Å². The second-order valence-corrected chi connectivity index (χ2v) is 7.93. The van der Waals surface area contributed by atoms with E-state index in [0.717, 1.165) is 0 Å². The van der Waals surface area contributed by atoms with Crippen LogP contribution in [0.15, 0.2) is 0 Å². The van der Waals surface area contributed by atoms with E-state index in [-0.39, 0.29) is 30.3 Å². The van der Waals surface area contributed by atoms with E-state index in [4.69, 9.17) is 10.8 Å². The van der Waals surface area contributed by atoms with Gasteiger partial charge in [-0.1, -0.05) is 13.8 Å². The van der Waals surface area contributed by atoms with E-state index in [1.165, 1.54) is 6.92 Å². The first-order valence-electron chi connectivity index (χ1n) is 9.23. The second kappa shape index (κ2) is 13.7. The first kappa shape index (κ1) is 27.5. The minimum Gasteiger partial charge on any atom is -0.480 e. The zero-order valence-corrected chi connectivity index (χ0v) is 18.6. The maximum absolute atomic E-state index is 12.7. The average Bonchev–Trinajstić information content (AvgIpc) is 2.63. The van der Waals surface area contributed by atoms with Crippen molar-refractivity contribution in [1.82, 2.24) is 16.0 Å². The van der Waals surface area contributed by atoms with E-state index in [1.807, 2.05) is 13.8 Å². The minimum absolute atomic E-state index is 0.0314. The predicted molar refractivity (Wildman–Crippen MR) is 115 cm³/mol. The smallest absolute Gasteiger partial charge is 0.326 e. The Morgan fingerprint density at radius 2 is 1.48 bits per heavy atom. The minimum atomic E-state index is -1.41. The highest BCUT2D eigenvalue weighted by atomic mass is 32.1. The molecule has 0 aromatic carbocycles. The number of nitrogens with one attached hydrogen (secondary N) is 3. The molecule has 0 aliphatic carbocycles. The van der Waals surface area contributed by atoms with Gasteiger partial charge in [0.15, 0.2) is 0 Å². The molecule has 0 saturated carbocycles.